The first kappa shape index (κ1) is 30.4. The number of carbonyl (C=O) groups is 2. The quantitative estimate of drug-likeness (QED) is 0.353. The molecule has 0 spiro atoms. The fraction of sp³-hybridized carbons (Fsp3) is 0.576. The number of rotatable bonds is 8. The Labute approximate surface area is 247 Å². The predicted molar refractivity (Wildman–Crippen MR) is 158 cm³/mol. The minimum atomic E-state index is -4.37. The highest BCUT2D eigenvalue weighted by atomic mass is 19.4. The summed E-state index contributed by atoms with van der Waals surface area (Å²) in [6.07, 6.45) is 6.82. The molecule has 2 atom stereocenters. The highest BCUT2D eigenvalue weighted by Gasteiger charge is 2.36. The predicted octanol–water partition coefficient (Wildman–Crippen LogP) is 6.66. The molecular weight excluding hydrogens is 541 g/mol. The first-order valence-corrected chi connectivity index (χ1v) is 15.5. The molecule has 3 aliphatic rings. The second-order valence-electron chi connectivity index (χ2n) is 12.3. The van der Waals surface area contributed by atoms with Crippen LogP contribution in [0.5, 0.6) is 0 Å². The van der Waals surface area contributed by atoms with Gasteiger partial charge < -0.3 is 20.0 Å². The summed E-state index contributed by atoms with van der Waals surface area (Å²) >= 11 is 0. The second kappa shape index (κ2) is 13.5. The number of likely N-dealkylation sites (N-methyl/N-ethyl adjacent to an activating group) is 1. The Morgan fingerprint density at radius 2 is 1.48 bits per heavy atom. The Morgan fingerprint density at radius 3 is 2.14 bits per heavy atom. The molecule has 2 aromatic rings. The van der Waals surface area contributed by atoms with Crippen LogP contribution in [0.4, 0.5) is 18.0 Å². The lowest BCUT2D eigenvalue weighted by molar-refractivity contribution is -0.137. The molecule has 42 heavy (non-hydrogen) atoms. The highest BCUT2D eigenvalue weighted by Crippen LogP contribution is 2.31. The normalized spacial score (nSPS) is 21.6. The fourth-order valence-corrected chi connectivity index (χ4v) is 6.73. The monoisotopic (exact) mass is 584 g/mol. The SMILES string of the molecule is CN(C(=O)c1ccc(-c2ccc(C(F)(F)F)cc2)cc1)[C@H]1CCN(C(=O)N2CC[C@@H](NCCCC3CCCCC3)C2)C1. The van der Waals surface area contributed by atoms with Gasteiger partial charge in [0.2, 0.25) is 0 Å². The minimum Gasteiger partial charge on any atom is -0.337 e. The van der Waals surface area contributed by atoms with E-state index in [2.05, 4.69) is 5.32 Å². The number of urea groups is 1. The maximum absolute atomic E-state index is 13.2. The van der Waals surface area contributed by atoms with Gasteiger partial charge in [-0.2, -0.15) is 13.2 Å². The van der Waals surface area contributed by atoms with E-state index >= 15 is 0 Å². The highest BCUT2D eigenvalue weighted by molar-refractivity contribution is 5.95. The third kappa shape index (κ3) is 7.46. The lowest BCUT2D eigenvalue weighted by Gasteiger charge is -2.27. The van der Waals surface area contributed by atoms with Crippen LogP contribution in [0.3, 0.4) is 0 Å². The minimum absolute atomic E-state index is 0.0609. The first-order chi connectivity index (χ1) is 20.2. The van der Waals surface area contributed by atoms with Crippen LogP contribution < -0.4 is 5.32 Å². The van der Waals surface area contributed by atoms with Crippen LogP contribution in [0, 0.1) is 5.92 Å². The number of carbonyl (C=O) groups excluding carboxylic acids is 2. The summed E-state index contributed by atoms with van der Waals surface area (Å²) in [5.74, 6) is 0.773. The van der Waals surface area contributed by atoms with Gasteiger partial charge in [0, 0.05) is 44.8 Å². The summed E-state index contributed by atoms with van der Waals surface area (Å²) in [5, 5.41) is 3.67. The van der Waals surface area contributed by atoms with E-state index in [-0.39, 0.29) is 18.0 Å². The molecule has 3 amide bonds. The number of amides is 3. The number of benzene rings is 2. The summed E-state index contributed by atoms with van der Waals surface area (Å²) < 4.78 is 38.6. The standard InChI is InChI=1S/C33H43F3N4O2/c1-38(31(41)27-11-9-25(10-12-27)26-13-15-28(16-14-26)33(34,35)36)30-18-21-40(23-30)32(42)39-20-17-29(22-39)37-19-5-8-24-6-3-2-4-7-24/h9-16,24,29-30,37H,2-8,17-23H2,1H3/t29-,30+/m1/s1. The van der Waals surface area contributed by atoms with Crippen molar-refractivity contribution in [3.8, 4) is 11.1 Å². The van der Waals surface area contributed by atoms with Crippen molar-refractivity contribution in [2.45, 2.75) is 76.0 Å². The van der Waals surface area contributed by atoms with Gasteiger partial charge in [0.05, 0.1) is 11.6 Å². The fourth-order valence-electron chi connectivity index (χ4n) is 6.73. The van der Waals surface area contributed by atoms with Crippen molar-refractivity contribution in [2.24, 2.45) is 5.92 Å². The van der Waals surface area contributed by atoms with E-state index < -0.39 is 11.7 Å². The van der Waals surface area contributed by atoms with Gasteiger partial charge in [0.25, 0.3) is 5.91 Å². The Bertz CT molecular complexity index is 1200. The second-order valence-corrected chi connectivity index (χ2v) is 12.3. The molecule has 2 aromatic carbocycles. The molecule has 3 fully saturated rings. The summed E-state index contributed by atoms with van der Waals surface area (Å²) in [6, 6.07) is 12.3. The van der Waals surface area contributed by atoms with Crippen LogP contribution in [0.2, 0.25) is 0 Å². The van der Waals surface area contributed by atoms with Gasteiger partial charge >= 0.3 is 12.2 Å². The molecule has 2 saturated heterocycles. The van der Waals surface area contributed by atoms with Crippen LogP contribution in [-0.4, -0.2) is 78.5 Å². The van der Waals surface area contributed by atoms with E-state index in [0.717, 1.165) is 56.1 Å². The van der Waals surface area contributed by atoms with Crippen LogP contribution in [-0.2, 0) is 6.18 Å². The van der Waals surface area contributed by atoms with E-state index in [0.29, 0.717) is 30.3 Å². The Balaban J connectivity index is 1.06. The molecule has 0 aromatic heterocycles. The zero-order valence-corrected chi connectivity index (χ0v) is 24.5. The molecule has 0 radical (unpaired) electrons. The third-order valence-electron chi connectivity index (χ3n) is 9.39. The Morgan fingerprint density at radius 1 is 0.857 bits per heavy atom. The van der Waals surface area contributed by atoms with Gasteiger partial charge in [0.1, 0.15) is 0 Å². The lowest BCUT2D eigenvalue weighted by Crippen LogP contribution is -2.45. The van der Waals surface area contributed by atoms with Crippen molar-refractivity contribution < 1.29 is 22.8 Å². The number of likely N-dealkylation sites (tertiary alicyclic amines) is 2. The Kier molecular flexibility index (Phi) is 9.76. The van der Waals surface area contributed by atoms with Crippen molar-refractivity contribution in [1.29, 1.82) is 0 Å². The molecule has 2 heterocycles. The molecule has 2 aliphatic heterocycles. The van der Waals surface area contributed by atoms with E-state index in [9.17, 15) is 22.8 Å². The average molecular weight is 585 g/mol. The van der Waals surface area contributed by atoms with Crippen molar-refractivity contribution in [3.63, 3.8) is 0 Å². The number of nitrogens with one attached hydrogen (secondary N) is 1. The molecule has 1 saturated carbocycles. The molecule has 0 bridgehead atoms. The maximum atomic E-state index is 13.2. The van der Waals surface area contributed by atoms with Crippen molar-refractivity contribution in [2.75, 3.05) is 39.8 Å². The van der Waals surface area contributed by atoms with Gasteiger partial charge in [-0.25, -0.2) is 4.79 Å². The smallest absolute Gasteiger partial charge is 0.337 e. The van der Waals surface area contributed by atoms with Gasteiger partial charge in [-0.3, -0.25) is 4.79 Å². The molecule has 5 rings (SSSR count). The number of nitrogens with zero attached hydrogens (tertiary/aromatic N) is 3. The number of alkyl halides is 3. The largest absolute Gasteiger partial charge is 0.416 e. The van der Waals surface area contributed by atoms with Crippen LogP contribution in [0.15, 0.2) is 48.5 Å². The number of hydrogen-bond acceptors (Lipinski definition) is 3. The van der Waals surface area contributed by atoms with E-state index in [1.165, 1.54) is 57.1 Å². The molecule has 9 heteroatoms. The van der Waals surface area contributed by atoms with Crippen molar-refractivity contribution in [1.82, 2.24) is 20.0 Å². The third-order valence-corrected chi connectivity index (χ3v) is 9.39. The van der Waals surface area contributed by atoms with Crippen molar-refractivity contribution >= 4 is 11.9 Å². The van der Waals surface area contributed by atoms with Crippen LogP contribution in [0.25, 0.3) is 11.1 Å². The van der Waals surface area contributed by atoms with E-state index in [4.69, 9.17) is 0 Å². The van der Waals surface area contributed by atoms with Crippen LogP contribution >= 0.6 is 0 Å². The molecule has 228 valence electrons. The molecule has 0 unspecified atom stereocenters. The van der Waals surface area contributed by atoms with Gasteiger partial charge in [0.15, 0.2) is 0 Å². The van der Waals surface area contributed by atoms with Gasteiger partial charge in [-0.05, 0) is 73.5 Å². The molecule has 1 aliphatic carbocycles. The Hall–Kier alpha value is -3.07. The van der Waals surface area contributed by atoms with Gasteiger partial charge in [-0.1, -0.05) is 56.4 Å². The lowest BCUT2D eigenvalue weighted by atomic mass is 9.86. The molecule has 1 N–H and O–H groups in total. The number of halogens is 3. The summed E-state index contributed by atoms with van der Waals surface area (Å²) in [4.78, 5) is 32.0. The molecule has 6 nitrogen and oxygen atoms in total. The van der Waals surface area contributed by atoms with E-state index in [1.54, 1.807) is 36.2 Å². The zero-order chi connectivity index (χ0) is 29.7. The first-order valence-electron chi connectivity index (χ1n) is 15.5. The average Bonchev–Trinajstić information content (AvgIpc) is 3.69. The van der Waals surface area contributed by atoms with E-state index in [1.807, 2.05) is 9.80 Å². The summed E-state index contributed by atoms with van der Waals surface area (Å²) in [7, 11) is 1.77. The topological polar surface area (TPSA) is 55.9 Å². The van der Waals surface area contributed by atoms with Crippen LogP contribution in [0.1, 0.15) is 73.7 Å². The summed E-state index contributed by atoms with van der Waals surface area (Å²) in [6.45, 7) is 3.67. The van der Waals surface area contributed by atoms with Crippen molar-refractivity contribution in [3.05, 3.63) is 59.7 Å². The zero-order valence-electron chi connectivity index (χ0n) is 24.5. The summed E-state index contributed by atoms with van der Waals surface area (Å²) in [5.41, 5.74) is 1.21. The van der Waals surface area contributed by atoms with Gasteiger partial charge in [-0.15, -0.1) is 0 Å². The number of hydrogen-bond donors (Lipinski definition) is 1. The molecular formula is C33H43F3N4O2. The maximum Gasteiger partial charge on any atom is 0.416 e.